The number of halogens is 6. The fourth-order valence-electron chi connectivity index (χ4n) is 2.60. The molecule has 8 heteroatoms. The number of rotatable bonds is 2. The Morgan fingerprint density at radius 2 is 1.59 bits per heavy atom. The second kappa shape index (κ2) is 6.08. The summed E-state index contributed by atoms with van der Waals surface area (Å²) in [5.41, 5.74) is 3.11. The number of hydrogen-bond donors (Lipinski definition) is 1. The molecule has 0 aliphatic carbocycles. The normalized spacial score (nSPS) is 19.2. The summed E-state index contributed by atoms with van der Waals surface area (Å²) >= 11 is 0. The van der Waals surface area contributed by atoms with E-state index in [2.05, 4.69) is 0 Å². The van der Waals surface area contributed by atoms with Crippen molar-refractivity contribution < 1.29 is 31.1 Å². The van der Waals surface area contributed by atoms with Crippen molar-refractivity contribution in [1.82, 2.24) is 0 Å². The summed E-state index contributed by atoms with van der Waals surface area (Å²) in [4.78, 5) is 0. The summed E-state index contributed by atoms with van der Waals surface area (Å²) in [7, 11) is 0. The molecule has 22 heavy (non-hydrogen) atoms. The Bertz CT molecular complexity index is 519. The predicted octanol–water partition coefficient (Wildman–Crippen LogP) is 4.15. The van der Waals surface area contributed by atoms with E-state index >= 15 is 0 Å². The van der Waals surface area contributed by atoms with Gasteiger partial charge in [-0.3, -0.25) is 0 Å². The summed E-state index contributed by atoms with van der Waals surface area (Å²) in [6, 6.07) is 0.298. The van der Waals surface area contributed by atoms with Crippen LogP contribution in [-0.4, -0.2) is 13.2 Å². The highest BCUT2D eigenvalue weighted by Gasteiger charge is 2.39. The lowest BCUT2D eigenvalue weighted by Gasteiger charge is -2.30. The van der Waals surface area contributed by atoms with Crippen molar-refractivity contribution in [3.63, 3.8) is 0 Å². The summed E-state index contributed by atoms with van der Waals surface area (Å²) in [5, 5.41) is 0. The van der Waals surface area contributed by atoms with Gasteiger partial charge in [0.15, 0.2) is 0 Å². The average Bonchev–Trinajstić information content (AvgIpc) is 2.45. The molecule has 0 amide bonds. The zero-order valence-electron chi connectivity index (χ0n) is 11.5. The van der Waals surface area contributed by atoms with Gasteiger partial charge in [-0.2, -0.15) is 26.3 Å². The molecule has 1 fully saturated rings. The lowest BCUT2D eigenvalue weighted by Crippen LogP contribution is -2.29. The molecule has 0 unspecified atom stereocenters. The maximum atomic E-state index is 13.0. The molecule has 1 atom stereocenters. The quantitative estimate of drug-likeness (QED) is 0.828. The molecule has 1 saturated heterocycles. The zero-order valence-corrected chi connectivity index (χ0v) is 11.5. The van der Waals surface area contributed by atoms with Gasteiger partial charge in [-0.15, -0.1) is 0 Å². The van der Waals surface area contributed by atoms with E-state index < -0.39 is 35.1 Å². The molecule has 0 saturated carbocycles. The molecule has 0 spiro atoms. The molecule has 1 aliphatic heterocycles. The summed E-state index contributed by atoms with van der Waals surface area (Å²) in [6.07, 6.45) is -8.61. The van der Waals surface area contributed by atoms with Crippen LogP contribution in [0.3, 0.4) is 0 Å². The van der Waals surface area contributed by atoms with Crippen molar-refractivity contribution in [3.05, 3.63) is 34.9 Å². The molecule has 2 rings (SSSR count). The standard InChI is InChI=1S/C14H15F6NO/c15-13(16,17)9-1-2-11(14(18,19)20)10(7-9)12(21)8-3-5-22-6-4-8/h1-2,7-8,12H,3-6,21H2/t12-/m0/s1. The van der Waals surface area contributed by atoms with E-state index in [4.69, 9.17) is 10.5 Å². The van der Waals surface area contributed by atoms with Gasteiger partial charge < -0.3 is 10.5 Å². The van der Waals surface area contributed by atoms with Crippen LogP contribution in [0.2, 0.25) is 0 Å². The molecule has 1 aliphatic rings. The minimum absolute atomic E-state index is 0.335. The highest BCUT2D eigenvalue weighted by molar-refractivity contribution is 5.37. The molecule has 2 nitrogen and oxygen atoms in total. The van der Waals surface area contributed by atoms with Crippen LogP contribution < -0.4 is 5.73 Å². The van der Waals surface area contributed by atoms with Gasteiger partial charge in [0.2, 0.25) is 0 Å². The van der Waals surface area contributed by atoms with Crippen LogP contribution >= 0.6 is 0 Å². The fraction of sp³-hybridized carbons (Fsp3) is 0.571. The Labute approximate surface area is 123 Å². The lowest BCUT2D eigenvalue weighted by molar-refractivity contribution is -0.142. The van der Waals surface area contributed by atoms with Crippen LogP contribution in [0.4, 0.5) is 26.3 Å². The largest absolute Gasteiger partial charge is 0.416 e. The topological polar surface area (TPSA) is 35.2 Å². The van der Waals surface area contributed by atoms with E-state index in [1.807, 2.05) is 0 Å². The van der Waals surface area contributed by atoms with Crippen molar-refractivity contribution in [2.45, 2.75) is 31.2 Å². The van der Waals surface area contributed by atoms with E-state index in [9.17, 15) is 26.3 Å². The van der Waals surface area contributed by atoms with Gasteiger partial charge in [0.1, 0.15) is 0 Å². The molecule has 0 bridgehead atoms. The van der Waals surface area contributed by atoms with Gasteiger partial charge in [0.25, 0.3) is 0 Å². The second-order valence-electron chi connectivity index (χ2n) is 5.27. The van der Waals surface area contributed by atoms with Crippen molar-refractivity contribution >= 4 is 0 Å². The minimum atomic E-state index is -4.75. The third-order valence-corrected chi connectivity index (χ3v) is 3.82. The number of benzene rings is 1. The molecule has 0 radical (unpaired) electrons. The van der Waals surface area contributed by atoms with Gasteiger partial charge >= 0.3 is 12.4 Å². The number of nitrogens with two attached hydrogens (primary N) is 1. The Hall–Kier alpha value is -1.28. The van der Waals surface area contributed by atoms with Crippen LogP contribution in [0.5, 0.6) is 0 Å². The van der Waals surface area contributed by atoms with E-state index in [-0.39, 0.29) is 5.92 Å². The third-order valence-electron chi connectivity index (χ3n) is 3.82. The van der Waals surface area contributed by atoms with E-state index in [0.717, 1.165) is 0 Å². The first kappa shape index (κ1) is 17.1. The predicted molar refractivity (Wildman–Crippen MR) is 66.9 cm³/mol. The smallest absolute Gasteiger partial charge is 0.381 e. The van der Waals surface area contributed by atoms with Crippen molar-refractivity contribution in [2.75, 3.05) is 13.2 Å². The number of hydrogen-bond acceptors (Lipinski definition) is 2. The monoisotopic (exact) mass is 327 g/mol. The van der Waals surface area contributed by atoms with Gasteiger partial charge in [0, 0.05) is 19.3 Å². The molecular weight excluding hydrogens is 312 g/mol. The maximum absolute atomic E-state index is 13.0. The Morgan fingerprint density at radius 3 is 2.09 bits per heavy atom. The Kier molecular flexibility index (Phi) is 4.72. The van der Waals surface area contributed by atoms with Crippen molar-refractivity contribution in [1.29, 1.82) is 0 Å². The minimum Gasteiger partial charge on any atom is -0.381 e. The van der Waals surface area contributed by atoms with E-state index in [1.165, 1.54) is 0 Å². The molecule has 1 aromatic carbocycles. The molecular formula is C14H15F6NO. The average molecular weight is 327 g/mol. The lowest BCUT2D eigenvalue weighted by atomic mass is 9.85. The van der Waals surface area contributed by atoms with Crippen LogP contribution in [-0.2, 0) is 17.1 Å². The highest BCUT2D eigenvalue weighted by atomic mass is 19.4. The third kappa shape index (κ3) is 3.73. The summed E-state index contributed by atoms with van der Waals surface area (Å²) < 4.78 is 82.5. The SMILES string of the molecule is N[C@H](c1cc(C(F)(F)F)ccc1C(F)(F)F)C1CCOCC1. The van der Waals surface area contributed by atoms with Gasteiger partial charge in [-0.05, 0) is 42.5 Å². The first-order valence-corrected chi connectivity index (χ1v) is 6.72. The van der Waals surface area contributed by atoms with Crippen molar-refractivity contribution in [3.8, 4) is 0 Å². The zero-order chi connectivity index (χ0) is 16.5. The van der Waals surface area contributed by atoms with Crippen molar-refractivity contribution in [2.24, 2.45) is 11.7 Å². The fourth-order valence-corrected chi connectivity index (χ4v) is 2.60. The van der Waals surface area contributed by atoms with Crippen LogP contribution in [0.15, 0.2) is 18.2 Å². The molecule has 124 valence electrons. The highest BCUT2D eigenvalue weighted by Crippen LogP contribution is 2.40. The first-order valence-electron chi connectivity index (χ1n) is 6.72. The molecule has 1 heterocycles. The number of alkyl halides is 6. The number of ether oxygens (including phenoxy) is 1. The van der Waals surface area contributed by atoms with E-state index in [1.54, 1.807) is 0 Å². The Balaban J connectivity index is 2.44. The molecule has 0 aromatic heterocycles. The second-order valence-corrected chi connectivity index (χ2v) is 5.27. The van der Waals surface area contributed by atoms with Gasteiger partial charge in [-0.25, -0.2) is 0 Å². The summed E-state index contributed by atoms with van der Waals surface area (Å²) in [6.45, 7) is 0.692. The van der Waals surface area contributed by atoms with Crippen LogP contribution in [0.1, 0.15) is 35.6 Å². The van der Waals surface area contributed by atoms with E-state index in [0.29, 0.717) is 44.3 Å². The maximum Gasteiger partial charge on any atom is 0.416 e. The first-order chi connectivity index (χ1) is 10.1. The van der Waals surface area contributed by atoms with Crippen LogP contribution in [0, 0.1) is 5.92 Å². The Morgan fingerprint density at radius 1 is 1.00 bits per heavy atom. The summed E-state index contributed by atoms with van der Waals surface area (Å²) in [5.74, 6) is -0.335. The molecule has 2 N–H and O–H groups in total. The van der Waals surface area contributed by atoms with Crippen LogP contribution in [0.25, 0.3) is 0 Å². The van der Waals surface area contributed by atoms with Gasteiger partial charge in [-0.1, -0.05) is 0 Å². The molecule has 1 aromatic rings. The van der Waals surface area contributed by atoms with Gasteiger partial charge in [0.05, 0.1) is 11.1 Å².